The summed E-state index contributed by atoms with van der Waals surface area (Å²) in [6, 6.07) is -0.0660. The SMILES string of the molecule is CS(=O)(=O)N[C@H]1CCC[C@@H](O)C1. The highest BCUT2D eigenvalue weighted by Crippen LogP contribution is 2.18. The average molecular weight is 193 g/mol. The molecule has 1 fully saturated rings. The molecule has 12 heavy (non-hydrogen) atoms. The topological polar surface area (TPSA) is 66.4 Å². The van der Waals surface area contributed by atoms with Gasteiger partial charge in [0, 0.05) is 6.04 Å². The van der Waals surface area contributed by atoms with E-state index in [1.165, 1.54) is 0 Å². The summed E-state index contributed by atoms with van der Waals surface area (Å²) in [5.41, 5.74) is 0. The molecule has 0 bridgehead atoms. The van der Waals surface area contributed by atoms with Crippen LogP contribution in [0.1, 0.15) is 25.7 Å². The minimum atomic E-state index is -3.11. The first-order valence-electron chi connectivity index (χ1n) is 4.13. The van der Waals surface area contributed by atoms with Crippen molar-refractivity contribution >= 4 is 10.0 Å². The lowest BCUT2D eigenvalue weighted by Gasteiger charge is -2.25. The Morgan fingerprint density at radius 1 is 1.42 bits per heavy atom. The molecule has 72 valence electrons. The highest BCUT2D eigenvalue weighted by atomic mass is 32.2. The fourth-order valence-electron chi connectivity index (χ4n) is 1.57. The van der Waals surface area contributed by atoms with Gasteiger partial charge in [0.15, 0.2) is 0 Å². The van der Waals surface area contributed by atoms with Crippen LogP contribution in [0, 0.1) is 0 Å². The molecule has 1 saturated carbocycles. The molecule has 0 spiro atoms. The van der Waals surface area contributed by atoms with Gasteiger partial charge in [-0.25, -0.2) is 13.1 Å². The summed E-state index contributed by atoms with van der Waals surface area (Å²) >= 11 is 0. The van der Waals surface area contributed by atoms with Crippen LogP contribution in [0.15, 0.2) is 0 Å². The van der Waals surface area contributed by atoms with Gasteiger partial charge in [-0.1, -0.05) is 0 Å². The normalized spacial score (nSPS) is 31.8. The Labute approximate surface area is 73.0 Å². The predicted molar refractivity (Wildman–Crippen MR) is 46.2 cm³/mol. The second-order valence-corrected chi connectivity index (χ2v) is 5.19. The largest absolute Gasteiger partial charge is 0.393 e. The van der Waals surface area contributed by atoms with Crippen LogP contribution in [0.2, 0.25) is 0 Å². The zero-order valence-corrected chi connectivity index (χ0v) is 7.97. The van der Waals surface area contributed by atoms with Gasteiger partial charge in [0.2, 0.25) is 10.0 Å². The van der Waals surface area contributed by atoms with Gasteiger partial charge in [0.25, 0.3) is 0 Å². The summed E-state index contributed by atoms with van der Waals surface area (Å²) < 4.78 is 24.1. The average Bonchev–Trinajstić information content (AvgIpc) is 1.82. The van der Waals surface area contributed by atoms with Crippen molar-refractivity contribution in [3.05, 3.63) is 0 Å². The summed E-state index contributed by atoms with van der Waals surface area (Å²) in [5, 5.41) is 9.24. The number of sulfonamides is 1. The number of aliphatic hydroxyl groups is 1. The molecule has 2 atom stereocenters. The minimum absolute atomic E-state index is 0.0660. The van der Waals surface area contributed by atoms with Crippen molar-refractivity contribution in [1.82, 2.24) is 4.72 Å². The van der Waals surface area contributed by atoms with Crippen LogP contribution in [0.25, 0.3) is 0 Å². The zero-order chi connectivity index (χ0) is 9.19. The summed E-state index contributed by atoms with van der Waals surface area (Å²) in [7, 11) is -3.11. The molecule has 2 N–H and O–H groups in total. The van der Waals surface area contributed by atoms with Crippen molar-refractivity contribution in [2.24, 2.45) is 0 Å². The van der Waals surface area contributed by atoms with Gasteiger partial charge in [0.05, 0.1) is 12.4 Å². The Kier molecular flexibility index (Phi) is 3.09. The van der Waals surface area contributed by atoms with Crippen molar-refractivity contribution in [2.75, 3.05) is 6.26 Å². The van der Waals surface area contributed by atoms with Gasteiger partial charge < -0.3 is 5.11 Å². The Balaban J connectivity index is 2.43. The van der Waals surface area contributed by atoms with Crippen LogP contribution < -0.4 is 4.72 Å². The molecule has 1 aliphatic rings. The lowest BCUT2D eigenvalue weighted by Crippen LogP contribution is -2.39. The molecule has 4 nitrogen and oxygen atoms in total. The van der Waals surface area contributed by atoms with Crippen LogP contribution in [0.3, 0.4) is 0 Å². The molecule has 0 heterocycles. The number of hydrogen-bond acceptors (Lipinski definition) is 3. The first kappa shape index (κ1) is 9.95. The van der Waals surface area contributed by atoms with Crippen LogP contribution in [-0.2, 0) is 10.0 Å². The maximum atomic E-state index is 10.8. The Morgan fingerprint density at radius 3 is 2.58 bits per heavy atom. The summed E-state index contributed by atoms with van der Waals surface area (Å²) in [6.07, 6.45) is 3.89. The third-order valence-corrected chi connectivity index (χ3v) is 2.79. The molecule has 0 saturated heterocycles. The molecular formula is C7H15NO3S. The Morgan fingerprint density at radius 2 is 2.08 bits per heavy atom. The van der Waals surface area contributed by atoms with Crippen LogP contribution in [0.5, 0.6) is 0 Å². The molecule has 0 aromatic carbocycles. The van der Waals surface area contributed by atoms with Crippen molar-refractivity contribution in [3.63, 3.8) is 0 Å². The van der Waals surface area contributed by atoms with Crippen molar-refractivity contribution in [3.8, 4) is 0 Å². The fourth-order valence-corrected chi connectivity index (χ4v) is 2.39. The Hall–Kier alpha value is -0.130. The minimum Gasteiger partial charge on any atom is -0.393 e. The molecule has 0 aliphatic heterocycles. The van der Waals surface area contributed by atoms with Crippen molar-refractivity contribution < 1.29 is 13.5 Å². The monoisotopic (exact) mass is 193 g/mol. The van der Waals surface area contributed by atoms with Crippen molar-refractivity contribution in [2.45, 2.75) is 37.8 Å². The highest BCUT2D eigenvalue weighted by molar-refractivity contribution is 7.88. The molecule has 5 heteroatoms. The van der Waals surface area contributed by atoms with Gasteiger partial charge in [-0.15, -0.1) is 0 Å². The molecule has 0 amide bonds. The fraction of sp³-hybridized carbons (Fsp3) is 1.00. The smallest absolute Gasteiger partial charge is 0.208 e. The van der Waals surface area contributed by atoms with Gasteiger partial charge in [0.1, 0.15) is 0 Å². The van der Waals surface area contributed by atoms with E-state index in [9.17, 15) is 13.5 Å². The third-order valence-electron chi connectivity index (χ3n) is 2.03. The molecule has 0 radical (unpaired) electrons. The third kappa shape index (κ3) is 3.51. The maximum Gasteiger partial charge on any atom is 0.208 e. The predicted octanol–water partition coefficient (Wildman–Crippen LogP) is -0.161. The first-order valence-corrected chi connectivity index (χ1v) is 6.02. The summed E-state index contributed by atoms with van der Waals surface area (Å²) in [5.74, 6) is 0. The van der Waals surface area contributed by atoms with E-state index < -0.39 is 10.0 Å². The number of rotatable bonds is 2. The van der Waals surface area contributed by atoms with Crippen LogP contribution >= 0.6 is 0 Å². The van der Waals surface area contributed by atoms with Crippen LogP contribution in [-0.4, -0.2) is 31.9 Å². The summed E-state index contributed by atoms with van der Waals surface area (Å²) in [6.45, 7) is 0. The lowest BCUT2D eigenvalue weighted by molar-refractivity contribution is 0.117. The standard InChI is InChI=1S/C7H15NO3S/c1-12(10,11)8-6-3-2-4-7(9)5-6/h6-9H,2-5H2,1H3/t6-,7+/m0/s1. The second-order valence-electron chi connectivity index (χ2n) is 3.41. The maximum absolute atomic E-state index is 10.8. The number of hydrogen-bond donors (Lipinski definition) is 2. The lowest BCUT2D eigenvalue weighted by atomic mass is 9.94. The molecule has 0 unspecified atom stereocenters. The second kappa shape index (κ2) is 3.72. The number of nitrogens with one attached hydrogen (secondary N) is 1. The van der Waals surface area contributed by atoms with Gasteiger partial charge in [-0.2, -0.15) is 0 Å². The molecule has 0 aromatic heterocycles. The van der Waals surface area contributed by atoms with E-state index in [0.29, 0.717) is 6.42 Å². The molecular weight excluding hydrogens is 178 g/mol. The van der Waals surface area contributed by atoms with Gasteiger partial charge in [-0.05, 0) is 25.7 Å². The summed E-state index contributed by atoms with van der Waals surface area (Å²) in [4.78, 5) is 0. The van der Waals surface area contributed by atoms with Crippen molar-refractivity contribution in [1.29, 1.82) is 0 Å². The van der Waals surface area contributed by atoms with E-state index in [0.717, 1.165) is 25.5 Å². The van der Waals surface area contributed by atoms with E-state index in [2.05, 4.69) is 4.72 Å². The van der Waals surface area contributed by atoms with Gasteiger partial charge in [-0.3, -0.25) is 0 Å². The zero-order valence-electron chi connectivity index (χ0n) is 7.16. The van der Waals surface area contributed by atoms with E-state index >= 15 is 0 Å². The first-order chi connectivity index (χ1) is 5.47. The van der Waals surface area contributed by atoms with E-state index in [1.54, 1.807) is 0 Å². The Bertz CT molecular complexity index is 237. The molecule has 0 aromatic rings. The van der Waals surface area contributed by atoms with E-state index in [4.69, 9.17) is 0 Å². The molecule has 1 rings (SSSR count). The molecule has 1 aliphatic carbocycles. The highest BCUT2D eigenvalue weighted by Gasteiger charge is 2.22. The van der Waals surface area contributed by atoms with Crippen LogP contribution in [0.4, 0.5) is 0 Å². The number of aliphatic hydroxyl groups excluding tert-OH is 1. The quantitative estimate of drug-likeness (QED) is 0.640. The van der Waals surface area contributed by atoms with E-state index in [-0.39, 0.29) is 12.1 Å². The van der Waals surface area contributed by atoms with E-state index in [1.807, 2.05) is 0 Å². The van der Waals surface area contributed by atoms with Gasteiger partial charge >= 0.3 is 0 Å².